The number of carbonyl (C=O) groups is 1. The highest BCUT2D eigenvalue weighted by molar-refractivity contribution is 5.91. The summed E-state index contributed by atoms with van der Waals surface area (Å²) in [6.45, 7) is 0.819. The highest BCUT2D eigenvalue weighted by Crippen LogP contribution is 2.18. The van der Waals surface area contributed by atoms with E-state index in [0.717, 1.165) is 5.56 Å². The van der Waals surface area contributed by atoms with Gasteiger partial charge >= 0.3 is 12.1 Å². The molecule has 0 radical (unpaired) electrons. The summed E-state index contributed by atoms with van der Waals surface area (Å²) < 4.78 is 45.5. The van der Waals surface area contributed by atoms with Gasteiger partial charge in [0.05, 0.1) is 19.2 Å². The van der Waals surface area contributed by atoms with Gasteiger partial charge in [-0.15, -0.1) is 0 Å². The van der Waals surface area contributed by atoms with E-state index in [1.807, 2.05) is 0 Å². The lowest BCUT2D eigenvalue weighted by Gasteiger charge is -2.11. The van der Waals surface area contributed by atoms with E-state index < -0.39 is 18.7 Å². The molecule has 0 spiro atoms. The van der Waals surface area contributed by atoms with E-state index in [4.69, 9.17) is 4.74 Å². The summed E-state index contributed by atoms with van der Waals surface area (Å²) in [7, 11) is 1.27. The highest BCUT2D eigenvalue weighted by Gasteiger charge is 2.25. The zero-order valence-electron chi connectivity index (χ0n) is 11.2. The fourth-order valence-corrected chi connectivity index (χ4v) is 1.49. The van der Waals surface area contributed by atoms with Crippen molar-refractivity contribution < 1.29 is 27.4 Å². The number of hydrogen-bond acceptors (Lipinski definition) is 4. The second-order valence-corrected chi connectivity index (χ2v) is 4.11. The standard InChI is InChI=1S/C13H16F3NO3/c1-9-3-4-10(7-11(9)12(18)19-2)20-6-5-17-8-13(14,15)16/h3-4,7,17H,5-6,8H2,1-2H3. The minimum absolute atomic E-state index is 0.0565. The van der Waals surface area contributed by atoms with Crippen molar-refractivity contribution in [1.82, 2.24) is 5.32 Å². The molecule has 0 aromatic heterocycles. The predicted octanol–water partition coefficient (Wildman–Crippen LogP) is 2.31. The van der Waals surface area contributed by atoms with Crippen LogP contribution in [0.4, 0.5) is 13.2 Å². The first-order valence-corrected chi connectivity index (χ1v) is 5.92. The molecule has 1 aromatic carbocycles. The molecule has 0 heterocycles. The third-order valence-electron chi connectivity index (χ3n) is 2.49. The smallest absolute Gasteiger partial charge is 0.401 e. The number of aryl methyl sites for hydroxylation is 1. The summed E-state index contributed by atoms with van der Waals surface area (Å²) >= 11 is 0. The monoisotopic (exact) mass is 291 g/mol. The van der Waals surface area contributed by atoms with Crippen molar-refractivity contribution in [2.75, 3.05) is 26.8 Å². The van der Waals surface area contributed by atoms with Gasteiger partial charge in [0.1, 0.15) is 12.4 Å². The first-order chi connectivity index (χ1) is 9.33. The molecule has 4 nitrogen and oxygen atoms in total. The van der Waals surface area contributed by atoms with Crippen molar-refractivity contribution >= 4 is 5.97 Å². The van der Waals surface area contributed by atoms with E-state index in [0.29, 0.717) is 11.3 Å². The van der Waals surface area contributed by atoms with Crippen LogP contribution < -0.4 is 10.1 Å². The van der Waals surface area contributed by atoms with Gasteiger partial charge in [-0.1, -0.05) is 6.07 Å². The number of esters is 1. The van der Waals surface area contributed by atoms with Crippen molar-refractivity contribution in [2.24, 2.45) is 0 Å². The van der Waals surface area contributed by atoms with E-state index in [9.17, 15) is 18.0 Å². The molecule has 1 aromatic rings. The van der Waals surface area contributed by atoms with Crippen LogP contribution in [0.1, 0.15) is 15.9 Å². The largest absolute Gasteiger partial charge is 0.492 e. The maximum Gasteiger partial charge on any atom is 0.401 e. The molecule has 1 rings (SSSR count). The van der Waals surface area contributed by atoms with E-state index in [1.165, 1.54) is 13.2 Å². The van der Waals surface area contributed by atoms with Crippen LogP contribution >= 0.6 is 0 Å². The van der Waals surface area contributed by atoms with Crippen molar-refractivity contribution in [1.29, 1.82) is 0 Å². The summed E-state index contributed by atoms with van der Waals surface area (Å²) in [5.74, 6) is -0.0760. The first-order valence-electron chi connectivity index (χ1n) is 5.92. The fraction of sp³-hybridized carbons (Fsp3) is 0.462. The van der Waals surface area contributed by atoms with Gasteiger partial charge in [0.25, 0.3) is 0 Å². The van der Waals surface area contributed by atoms with Crippen molar-refractivity contribution in [2.45, 2.75) is 13.1 Å². The molecule has 0 unspecified atom stereocenters. The van der Waals surface area contributed by atoms with E-state index in [2.05, 4.69) is 10.1 Å². The van der Waals surface area contributed by atoms with Crippen LogP contribution in [0.25, 0.3) is 0 Å². The highest BCUT2D eigenvalue weighted by atomic mass is 19.4. The number of carbonyl (C=O) groups excluding carboxylic acids is 1. The van der Waals surface area contributed by atoms with Gasteiger partial charge in [-0.05, 0) is 24.6 Å². The molecule has 0 saturated carbocycles. The molecule has 0 amide bonds. The van der Waals surface area contributed by atoms with Gasteiger partial charge in [0, 0.05) is 6.54 Å². The van der Waals surface area contributed by atoms with Crippen LogP contribution in [0.2, 0.25) is 0 Å². The van der Waals surface area contributed by atoms with E-state index >= 15 is 0 Å². The zero-order valence-corrected chi connectivity index (χ0v) is 11.2. The quantitative estimate of drug-likeness (QED) is 0.645. The molecule has 0 bridgehead atoms. The normalized spacial score (nSPS) is 11.2. The molecule has 20 heavy (non-hydrogen) atoms. The van der Waals surface area contributed by atoms with Gasteiger partial charge in [-0.2, -0.15) is 13.2 Å². The van der Waals surface area contributed by atoms with Crippen molar-refractivity contribution in [3.8, 4) is 5.75 Å². The van der Waals surface area contributed by atoms with E-state index in [-0.39, 0.29) is 13.2 Å². The average molecular weight is 291 g/mol. The van der Waals surface area contributed by atoms with Crippen LogP contribution in [0.3, 0.4) is 0 Å². The SMILES string of the molecule is COC(=O)c1cc(OCCNCC(F)(F)F)ccc1C. The Kier molecular flexibility index (Phi) is 5.82. The third kappa shape index (κ3) is 5.48. The Morgan fingerprint density at radius 1 is 1.35 bits per heavy atom. The van der Waals surface area contributed by atoms with Crippen LogP contribution in [0.5, 0.6) is 5.75 Å². The lowest BCUT2D eigenvalue weighted by Crippen LogP contribution is -2.31. The Hall–Kier alpha value is -1.76. The number of halogens is 3. The van der Waals surface area contributed by atoms with Gasteiger partial charge in [-0.25, -0.2) is 4.79 Å². The fourth-order valence-electron chi connectivity index (χ4n) is 1.49. The minimum Gasteiger partial charge on any atom is -0.492 e. The Labute approximate surface area is 114 Å². The molecule has 0 aliphatic heterocycles. The summed E-state index contributed by atoms with van der Waals surface area (Å²) in [5.41, 5.74) is 1.10. The lowest BCUT2D eigenvalue weighted by molar-refractivity contribution is -0.124. The number of benzene rings is 1. The Bertz CT molecular complexity index is 461. The molecule has 112 valence electrons. The lowest BCUT2D eigenvalue weighted by atomic mass is 10.1. The van der Waals surface area contributed by atoms with Crippen LogP contribution in [-0.4, -0.2) is 39.0 Å². The summed E-state index contributed by atoms with van der Waals surface area (Å²) in [4.78, 5) is 11.5. The molecular weight excluding hydrogens is 275 g/mol. The van der Waals surface area contributed by atoms with Crippen molar-refractivity contribution in [3.05, 3.63) is 29.3 Å². The van der Waals surface area contributed by atoms with Crippen LogP contribution in [0, 0.1) is 6.92 Å². The first kappa shape index (κ1) is 16.3. The Morgan fingerprint density at radius 3 is 2.65 bits per heavy atom. The number of hydrogen-bond donors (Lipinski definition) is 1. The molecule has 0 aliphatic rings. The van der Waals surface area contributed by atoms with Crippen LogP contribution in [0.15, 0.2) is 18.2 Å². The third-order valence-corrected chi connectivity index (χ3v) is 2.49. The number of methoxy groups -OCH3 is 1. The summed E-state index contributed by atoms with van der Waals surface area (Å²) in [6, 6.07) is 4.83. The summed E-state index contributed by atoms with van der Waals surface area (Å²) in [5, 5.41) is 2.21. The molecule has 0 aliphatic carbocycles. The predicted molar refractivity (Wildman–Crippen MR) is 66.9 cm³/mol. The van der Waals surface area contributed by atoms with E-state index in [1.54, 1.807) is 19.1 Å². The minimum atomic E-state index is -4.23. The maximum absolute atomic E-state index is 11.9. The van der Waals surface area contributed by atoms with Gasteiger partial charge in [0.2, 0.25) is 0 Å². The molecular formula is C13H16F3NO3. The average Bonchev–Trinajstić information content (AvgIpc) is 2.38. The Balaban J connectivity index is 2.47. The van der Waals surface area contributed by atoms with Crippen LogP contribution in [-0.2, 0) is 4.74 Å². The molecule has 0 atom stereocenters. The molecule has 0 saturated heterocycles. The number of ether oxygens (including phenoxy) is 2. The maximum atomic E-state index is 11.9. The summed E-state index contributed by atoms with van der Waals surface area (Å²) in [6.07, 6.45) is -4.23. The molecule has 1 N–H and O–H groups in total. The Morgan fingerprint density at radius 2 is 2.05 bits per heavy atom. The number of nitrogens with one attached hydrogen (secondary N) is 1. The second kappa shape index (κ2) is 7.14. The number of alkyl halides is 3. The van der Waals surface area contributed by atoms with Crippen molar-refractivity contribution in [3.63, 3.8) is 0 Å². The topological polar surface area (TPSA) is 47.6 Å². The van der Waals surface area contributed by atoms with Gasteiger partial charge in [0.15, 0.2) is 0 Å². The van der Waals surface area contributed by atoms with Gasteiger partial charge in [-0.3, -0.25) is 0 Å². The zero-order chi connectivity index (χ0) is 15.2. The molecule has 7 heteroatoms. The number of rotatable bonds is 6. The van der Waals surface area contributed by atoms with Gasteiger partial charge < -0.3 is 14.8 Å². The molecule has 0 fully saturated rings. The second-order valence-electron chi connectivity index (χ2n) is 4.11.